The number of nitrogens with zero attached hydrogens (tertiary/aromatic N) is 1. The summed E-state index contributed by atoms with van der Waals surface area (Å²) in [6.45, 7) is 6.32. The molecule has 1 heterocycles. The topological polar surface area (TPSA) is 29.5 Å². The zero-order valence-corrected chi connectivity index (χ0v) is 24.7. The lowest BCUT2D eigenvalue weighted by Gasteiger charge is -2.37. The van der Waals surface area contributed by atoms with Crippen molar-refractivity contribution in [3.8, 4) is 0 Å². The van der Waals surface area contributed by atoms with Gasteiger partial charge in [0, 0.05) is 11.8 Å². The van der Waals surface area contributed by atoms with E-state index in [0.717, 1.165) is 9.81 Å². The van der Waals surface area contributed by atoms with Gasteiger partial charge in [-0.2, -0.15) is 0 Å². The van der Waals surface area contributed by atoms with Crippen LogP contribution < -0.4 is 0 Å². The minimum absolute atomic E-state index is 0.0777. The summed E-state index contributed by atoms with van der Waals surface area (Å²) in [6, 6.07) is 32.0. The Kier molecular flexibility index (Phi) is 8.69. The normalized spacial score (nSPS) is 18.1. The summed E-state index contributed by atoms with van der Waals surface area (Å²) < 4.78 is 6.18. The van der Waals surface area contributed by atoms with Crippen LogP contribution in [0.4, 0.5) is 4.79 Å². The highest BCUT2D eigenvalue weighted by molar-refractivity contribution is 9.28. The number of carbonyl (C=O) groups excluding carboxylic acids is 1. The highest BCUT2D eigenvalue weighted by atomic mass is 79.9. The van der Waals surface area contributed by atoms with Crippen molar-refractivity contribution in [2.24, 2.45) is 0 Å². The number of rotatable bonds is 6. The fourth-order valence-electron chi connectivity index (χ4n) is 4.72. The summed E-state index contributed by atoms with van der Waals surface area (Å²) in [4.78, 5) is 15.1. The first-order chi connectivity index (χ1) is 17.2. The van der Waals surface area contributed by atoms with Crippen LogP contribution in [0.1, 0.15) is 43.9 Å². The third kappa shape index (κ3) is 6.27. The summed E-state index contributed by atoms with van der Waals surface area (Å²) in [6.07, 6.45) is 2.58. The molecule has 0 aliphatic carbocycles. The Hall–Kier alpha value is -2.02. The Morgan fingerprint density at radius 2 is 1.31 bits per heavy atom. The van der Waals surface area contributed by atoms with E-state index in [9.17, 15) is 4.79 Å². The summed E-state index contributed by atoms with van der Waals surface area (Å²) >= 11 is 8.93. The molecule has 3 aromatic carbocycles. The van der Waals surface area contributed by atoms with Crippen LogP contribution in [0.3, 0.4) is 0 Å². The number of halogens is 2. The summed E-state index contributed by atoms with van der Waals surface area (Å²) in [5.41, 5.74) is 3.11. The monoisotopic (exact) mass is 627 g/mol. The van der Waals surface area contributed by atoms with E-state index in [1.165, 1.54) is 16.7 Å². The van der Waals surface area contributed by atoms with Gasteiger partial charge in [-0.1, -0.05) is 91.0 Å². The summed E-state index contributed by atoms with van der Waals surface area (Å²) in [5.74, 6) is 0. The second-order valence-corrected chi connectivity index (χ2v) is 14.2. The van der Waals surface area contributed by atoms with E-state index in [1.807, 2.05) is 43.5 Å². The fraction of sp³-hybridized carbons (Fsp3) is 0.300. The van der Waals surface area contributed by atoms with Crippen LogP contribution in [0.15, 0.2) is 100 Å². The molecular formula is C30H31Br2NO2S. The molecule has 1 amide bonds. The maximum atomic E-state index is 13.2. The van der Waals surface area contributed by atoms with E-state index >= 15 is 0 Å². The zero-order valence-electron chi connectivity index (χ0n) is 20.7. The van der Waals surface area contributed by atoms with E-state index in [0.29, 0.717) is 6.54 Å². The van der Waals surface area contributed by atoms with Crippen LogP contribution in [-0.2, 0) is 9.48 Å². The molecule has 1 saturated heterocycles. The molecule has 0 spiro atoms. The van der Waals surface area contributed by atoms with Crippen LogP contribution in [0, 0.1) is 0 Å². The lowest BCUT2D eigenvalue weighted by Crippen LogP contribution is -2.39. The van der Waals surface area contributed by atoms with Crippen LogP contribution in [-0.4, -0.2) is 34.4 Å². The van der Waals surface area contributed by atoms with Gasteiger partial charge in [-0.25, -0.2) is 4.79 Å². The Morgan fingerprint density at radius 1 is 0.861 bits per heavy atom. The highest BCUT2D eigenvalue weighted by Gasteiger charge is 2.44. The van der Waals surface area contributed by atoms with Gasteiger partial charge in [-0.05, 0) is 81.8 Å². The molecule has 0 saturated carbocycles. The molecular weight excluding hydrogens is 598 g/mol. The van der Waals surface area contributed by atoms with Gasteiger partial charge >= 0.3 is 6.09 Å². The van der Waals surface area contributed by atoms with Crippen LogP contribution in [0.2, 0.25) is 0 Å². The number of hydrogen-bond acceptors (Lipinski definition) is 3. The first-order valence-electron chi connectivity index (χ1n) is 12.1. The molecule has 0 aromatic heterocycles. The number of thioether (sulfide) groups is 1. The first kappa shape index (κ1) is 27.0. The molecule has 4 rings (SSSR count). The quantitative estimate of drug-likeness (QED) is 0.256. The molecule has 0 radical (unpaired) electrons. The second kappa shape index (κ2) is 11.6. The standard InChI is InChI=1S/C30H31Br2NO2S/c1-29(2,3)35-28(34)33-21-26(19-25(33)20-27(31)32)36-30(22-13-7-4-8-14-22,23-15-9-5-10-16-23)24-17-11-6-12-18-24/h4-18,20,25-26H,19,21H2,1-3H3/t25-,26-/m0/s1. The van der Waals surface area contributed by atoms with E-state index in [2.05, 4.69) is 123 Å². The largest absolute Gasteiger partial charge is 0.444 e. The minimum atomic E-state index is -0.552. The van der Waals surface area contributed by atoms with Gasteiger partial charge in [0.25, 0.3) is 0 Å². The van der Waals surface area contributed by atoms with Crippen molar-refractivity contribution in [1.82, 2.24) is 4.90 Å². The fourth-order valence-corrected chi connectivity index (χ4v) is 7.17. The number of benzene rings is 3. The molecule has 188 valence electrons. The number of hydrogen-bond donors (Lipinski definition) is 0. The molecule has 1 fully saturated rings. The smallest absolute Gasteiger partial charge is 0.410 e. The second-order valence-electron chi connectivity index (χ2n) is 9.91. The van der Waals surface area contributed by atoms with Crippen molar-refractivity contribution in [1.29, 1.82) is 0 Å². The lowest BCUT2D eigenvalue weighted by atomic mass is 9.84. The van der Waals surface area contributed by atoms with E-state index in [4.69, 9.17) is 4.74 Å². The molecule has 0 N–H and O–H groups in total. The van der Waals surface area contributed by atoms with Gasteiger partial charge < -0.3 is 9.64 Å². The molecule has 6 heteroatoms. The third-order valence-corrected chi connectivity index (χ3v) is 8.40. The maximum absolute atomic E-state index is 13.2. The van der Waals surface area contributed by atoms with Crippen molar-refractivity contribution in [3.63, 3.8) is 0 Å². The highest BCUT2D eigenvalue weighted by Crippen LogP contribution is 2.52. The molecule has 3 aromatic rings. The van der Waals surface area contributed by atoms with Crippen molar-refractivity contribution in [3.05, 3.63) is 117 Å². The third-order valence-electron chi connectivity index (χ3n) is 6.14. The van der Waals surface area contributed by atoms with Crippen molar-refractivity contribution in [2.45, 2.75) is 48.8 Å². The van der Waals surface area contributed by atoms with Gasteiger partial charge in [-0.15, -0.1) is 11.8 Å². The Balaban J connectivity index is 1.79. The van der Waals surface area contributed by atoms with Crippen LogP contribution >= 0.6 is 43.6 Å². The predicted molar refractivity (Wildman–Crippen MR) is 158 cm³/mol. The van der Waals surface area contributed by atoms with Crippen LogP contribution in [0.25, 0.3) is 0 Å². The maximum Gasteiger partial charge on any atom is 0.410 e. The number of carbonyl (C=O) groups is 1. The summed E-state index contributed by atoms with van der Waals surface area (Å²) in [7, 11) is 0. The predicted octanol–water partition coefficient (Wildman–Crippen LogP) is 8.72. The van der Waals surface area contributed by atoms with Gasteiger partial charge in [0.05, 0.1) is 14.2 Å². The van der Waals surface area contributed by atoms with Gasteiger partial charge in [-0.3, -0.25) is 0 Å². The van der Waals surface area contributed by atoms with E-state index in [1.54, 1.807) is 0 Å². The average molecular weight is 629 g/mol. The van der Waals surface area contributed by atoms with Gasteiger partial charge in [0.1, 0.15) is 5.60 Å². The first-order valence-corrected chi connectivity index (χ1v) is 14.5. The Morgan fingerprint density at radius 3 is 1.69 bits per heavy atom. The molecule has 1 aliphatic heterocycles. The average Bonchev–Trinajstić information content (AvgIpc) is 3.24. The summed E-state index contributed by atoms with van der Waals surface area (Å²) in [5, 5.41) is 0.179. The van der Waals surface area contributed by atoms with Crippen LogP contribution in [0.5, 0.6) is 0 Å². The SMILES string of the molecule is CC(C)(C)OC(=O)N1C[C@@H](SC(c2ccccc2)(c2ccccc2)c2ccccc2)C[C@H]1C=C(Br)Br. The lowest BCUT2D eigenvalue weighted by molar-refractivity contribution is 0.0256. The van der Waals surface area contributed by atoms with Gasteiger partial charge in [0.15, 0.2) is 0 Å². The molecule has 36 heavy (non-hydrogen) atoms. The number of likely N-dealkylation sites (tertiary alicyclic amines) is 1. The molecule has 1 aliphatic rings. The van der Waals surface area contributed by atoms with Crippen molar-refractivity contribution >= 4 is 49.7 Å². The Labute approximate surface area is 235 Å². The number of ether oxygens (including phenoxy) is 1. The van der Waals surface area contributed by atoms with Crippen molar-refractivity contribution in [2.75, 3.05) is 6.54 Å². The Bertz CT molecular complexity index is 1080. The molecule has 0 bridgehead atoms. The van der Waals surface area contributed by atoms with E-state index in [-0.39, 0.29) is 17.4 Å². The van der Waals surface area contributed by atoms with Gasteiger partial charge in [0.2, 0.25) is 0 Å². The molecule has 3 nitrogen and oxygen atoms in total. The molecule has 0 unspecified atom stereocenters. The molecule has 2 atom stereocenters. The van der Waals surface area contributed by atoms with Crippen molar-refractivity contribution < 1.29 is 9.53 Å². The van der Waals surface area contributed by atoms with E-state index < -0.39 is 10.3 Å². The minimum Gasteiger partial charge on any atom is -0.444 e. The number of amides is 1. The zero-order chi connectivity index (χ0) is 25.8.